The van der Waals surface area contributed by atoms with Crippen LogP contribution in [0.2, 0.25) is 0 Å². The lowest BCUT2D eigenvalue weighted by molar-refractivity contribution is 0.0951. The average Bonchev–Trinajstić information content (AvgIpc) is 2.69. The van der Waals surface area contributed by atoms with Gasteiger partial charge in [0.25, 0.3) is 5.91 Å². The summed E-state index contributed by atoms with van der Waals surface area (Å²) in [5.74, 6) is 5.31. The maximum atomic E-state index is 12.3. The second-order valence-electron chi connectivity index (χ2n) is 5.15. The smallest absolute Gasteiger partial charge is 0.253 e. The van der Waals surface area contributed by atoms with Crippen LogP contribution in [0.25, 0.3) is 0 Å². The molecule has 0 fully saturated rings. The van der Waals surface area contributed by atoms with Crippen molar-refractivity contribution < 1.29 is 4.79 Å². The first-order valence-corrected chi connectivity index (χ1v) is 6.78. The van der Waals surface area contributed by atoms with Crippen molar-refractivity contribution in [3.05, 3.63) is 46.3 Å². The van der Waals surface area contributed by atoms with Gasteiger partial charge >= 0.3 is 0 Å². The quantitative estimate of drug-likeness (QED) is 0.588. The molecule has 0 saturated heterocycles. The maximum Gasteiger partial charge on any atom is 0.253 e. The monoisotopic (exact) mass is 287 g/mol. The highest BCUT2D eigenvalue weighted by molar-refractivity contribution is 5.99. The van der Waals surface area contributed by atoms with Gasteiger partial charge in [-0.25, -0.2) is 0 Å². The third-order valence-corrected chi connectivity index (χ3v) is 3.66. The molecule has 2 aromatic rings. The number of carbonyl (C=O) groups excluding carboxylic acids is 1. The van der Waals surface area contributed by atoms with Gasteiger partial charge in [-0.15, -0.1) is 0 Å². The number of aromatic nitrogens is 2. The highest BCUT2D eigenvalue weighted by atomic mass is 16.1. The predicted octanol–water partition coefficient (Wildman–Crippen LogP) is 1.56. The Bertz CT molecular complexity index is 675. The van der Waals surface area contributed by atoms with E-state index in [1.54, 1.807) is 6.07 Å². The van der Waals surface area contributed by atoms with E-state index in [2.05, 4.69) is 15.8 Å². The molecule has 0 aliphatic rings. The highest BCUT2D eigenvalue weighted by Gasteiger charge is 2.14. The fourth-order valence-corrected chi connectivity index (χ4v) is 2.31. The number of benzene rings is 1. The fraction of sp³-hybridized carbons (Fsp3) is 0.333. The molecule has 1 heterocycles. The second kappa shape index (κ2) is 5.97. The minimum absolute atomic E-state index is 0.161. The molecule has 2 rings (SSSR count). The number of nitrogens with zero attached hydrogens (tertiary/aromatic N) is 2. The number of hydrogen-bond acceptors (Lipinski definition) is 4. The average molecular weight is 287 g/mol. The molecule has 0 aliphatic heterocycles. The van der Waals surface area contributed by atoms with Gasteiger partial charge in [-0.1, -0.05) is 6.07 Å². The summed E-state index contributed by atoms with van der Waals surface area (Å²) in [5.41, 5.74) is 7.77. The van der Waals surface area contributed by atoms with E-state index < -0.39 is 0 Å². The molecule has 112 valence electrons. The number of aryl methyl sites for hydroxylation is 3. The molecule has 1 aromatic carbocycles. The third kappa shape index (κ3) is 3.05. The van der Waals surface area contributed by atoms with Crippen molar-refractivity contribution in [1.29, 1.82) is 0 Å². The van der Waals surface area contributed by atoms with Gasteiger partial charge in [-0.3, -0.25) is 15.3 Å². The molecule has 0 atom stereocenters. The normalized spacial score (nSPS) is 10.5. The molecule has 0 unspecified atom stereocenters. The zero-order chi connectivity index (χ0) is 15.6. The van der Waals surface area contributed by atoms with Crippen molar-refractivity contribution in [2.24, 2.45) is 12.9 Å². The van der Waals surface area contributed by atoms with Crippen LogP contribution in [0.4, 0.5) is 5.69 Å². The SMILES string of the molecule is Cc1ccc(C(=O)NCc2c(C)nn(C)c2C)c(NN)c1. The van der Waals surface area contributed by atoms with Crippen LogP contribution in [0.15, 0.2) is 18.2 Å². The van der Waals surface area contributed by atoms with Crippen LogP contribution in [0, 0.1) is 20.8 Å². The van der Waals surface area contributed by atoms with E-state index in [1.807, 2.05) is 44.6 Å². The van der Waals surface area contributed by atoms with Gasteiger partial charge in [0.2, 0.25) is 0 Å². The number of nitrogens with one attached hydrogen (secondary N) is 2. The Hall–Kier alpha value is -2.34. The Balaban J connectivity index is 2.15. The number of carbonyl (C=O) groups is 1. The molecule has 21 heavy (non-hydrogen) atoms. The molecule has 0 radical (unpaired) electrons. The third-order valence-electron chi connectivity index (χ3n) is 3.66. The van der Waals surface area contributed by atoms with E-state index in [-0.39, 0.29) is 5.91 Å². The van der Waals surface area contributed by atoms with Crippen LogP contribution < -0.4 is 16.6 Å². The topological polar surface area (TPSA) is 85.0 Å². The molecule has 4 N–H and O–H groups in total. The van der Waals surface area contributed by atoms with E-state index in [0.717, 1.165) is 22.5 Å². The molecule has 0 bridgehead atoms. The molecule has 1 aromatic heterocycles. The molecule has 6 heteroatoms. The van der Waals surface area contributed by atoms with Crippen LogP contribution in [0.1, 0.15) is 32.9 Å². The minimum Gasteiger partial charge on any atom is -0.348 e. The van der Waals surface area contributed by atoms with Crippen molar-refractivity contribution in [2.45, 2.75) is 27.3 Å². The van der Waals surface area contributed by atoms with Crippen molar-refractivity contribution in [2.75, 3.05) is 5.43 Å². The summed E-state index contributed by atoms with van der Waals surface area (Å²) in [6, 6.07) is 5.49. The number of hydrogen-bond donors (Lipinski definition) is 3. The van der Waals surface area contributed by atoms with Gasteiger partial charge in [-0.2, -0.15) is 5.10 Å². The number of nitrogen functional groups attached to an aromatic ring is 1. The van der Waals surface area contributed by atoms with Gasteiger partial charge in [-0.05, 0) is 38.5 Å². The Morgan fingerprint density at radius 2 is 2.05 bits per heavy atom. The van der Waals surface area contributed by atoms with E-state index in [0.29, 0.717) is 17.8 Å². The van der Waals surface area contributed by atoms with E-state index >= 15 is 0 Å². The van der Waals surface area contributed by atoms with Gasteiger partial charge in [0.1, 0.15) is 0 Å². The van der Waals surface area contributed by atoms with Crippen molar-refractivity contribution in [3.63, 3.8) is 0 Å². The number of amides is 1. The van der Waals surface area contributed by atoms with Gasteiger partial charge in [0.05, 0.1) is 16.9 Å². The molecular formula is C15H21N5O. The van der Waals surface area contributed by atoms with Crippen LogP contribution in [-0.2, 0) is 13.6 Å². The second-order valence-corrected chi connectivity index (χ2v) is 5.15. The molecule has 0 saturated carbocycles. The Labute approximate surface area is 124 Å². The van der Waals surface area contributed by atoms with E-state index in [9.17, 15) is 4.79 Å². The molecule has 0 spiro atoms. The van der Waals surface area contributed by atoms with Gasteiger partial charge in [0, 0.05) is 24.8 Å². The summed E-state index contributed by atoms with van der Waals surface area (Å²) in [6.45, 7) is 6.32. The summed E-state index contributed by atoms with van der Waals surface area (Å²) in [4.78, 5) is 12.3. The number of rotatable bonds is 4. The van der Waals surface area contributed by atoms with Crippen molar-refractivity contribution in [3.8, 4) is 0 Å². The lowest BCUT2D eigenvalue weighted by Crippen LogP contribution is -2.25. The largest absolute Gasteiger partial charge is 0.348 e. The Morgan fingerprint density at radius 1 is 1.33 bits per heavy atom. The Morgan fingerprint density at radius 3 is 2.62 bits per heavy atom. The Kier molecular flexibility index (Phi) is 4.28. The van der Waals surface area contributed by atoms with E-state index in [4.69, 9.17) is 5.84 Å². The zero-order valence-electron chi connectivity index (χ0n) is 12.8. The highest BCUT2D eigenvalue weighted by Crippen LogP contribution is 2.17. The molecule has 6 nitrogen and oxygen atoms in total. The summed E-state index contributed by atoms with van der Waals surface area (Å²) in [6.07, 6.45) is 0. The summed E-state index contributed by atoms with van der Waals surface area (Å²) in [7, 11) is 1.89. The van der Waals surface area contributed by atoms with Gasteiger partial charge in [0.15, 0.2) is 0 Å². The van der Waals surface area contributed by atoms with Crippen LogP contribution in [0.3, 0.4) is 0 Å². The molecule has 0 aliphatic carbocycles. The van der Waals surface area contributed by atoms with Crippen LogP contribution in [0.5, 0.6) is 0 Å². The zero-order valence-corrected chi connectivity index (χ0v) is 12.8. The van der Waals surface area contributed by atoms with Crippen molar-refractivity contribution in [1.82, 2.24) is 15.1 Å². The summed E-state index contributed by atoms with van der Waals surface area (Å²) >= 11 is 0. The van der Waals surface area contributed by atoms with Crippen LogP contribution >= 0.6 is 0 Å². The molecular weight excluding hydrogens is 266 g/mol. The summed E-state index contributed by atoms with van der Waals surface area (Å²) in [5, 5.41) is 7.26. The fourth-order valence-electron chi connectivity index (χ4n) is 2.31. The lowest BCUT2D eigenvalue weighted by atomic mass is 10.1. The van der Waals surface area contributed by atoms with Gasteiger partial charge < -0.3 is 10.7 Å². The number of hydrazine groups is 1. The van der Waals surface area contributed by atoms with Crippen molar-refractivity contribution >= 4 is 11.6 Å². The molecule has 1 amide bonds. The first-order chi connectivity index (χ1) is 9.93. The standard InChI is InChI=1S/C15H21N5O/c1-9-5-6-12(14(7-9)18-16)15(21)17-8-13-10(2)19-20(4)11(13)3/h5-7,18H,8,16H2,1-4H3,(H,17,21). The number of anilines is 1. The predicted molar refractivity (Wildman–Crippen MR) is 82.8 cm³/mol. The van der Waals surface area contributed by atoms with E-state index in [1.165, 1.54) is 0 Å². The first kappa shape index (κ1) is 15.1. The lowest BCUT2D eigenvalue weighted by Gasteiger charge is -2.11. The maximum absolute atomic E-state index is 12.3. The number of nitrogens with two attached hydrogens (primary N) is 1. The minimum atomic E-state index is -0.161. The van der Waals surface area contributed by atoms with Crippen LogP contribution in [-0.4, -0.2) is 15.7 Å². The summed E-state index contributed by atoms with van der Waals surface area (Å²) < 4.78 is 1.82. The first-order valence-electron chi connectivity index (χ1n) is 6.78.